The normalized spacial score (nSPS) is 10.7. The van der Waals surface area contributed by atoms with Crippen LogP contribution in [0, 0.1) is 0 Å². The van der Waals surface area contributed by atoms with Crippen LogP contribution in [0.2, 0.25) is 0 Å². The van der Waals surface area contributed by atoms with E-state index in [4.69, 9.17) is 14.2 Å². The maximum absolute atomic E-state index is 11.7. The Kier molecular flexibility index (Phi) is 4.96. The summed E-state index contributed by atoms with van der Waals surface area (Å²) in [5.74, 6) is 0.813. The molecule has 6 heteroatoms. The van der Waals surface area contributed by atoms with Gasteiger partial charge >= 0.3 is 6.09 Å². The van der Waals surface area contributed by atoms with Crippen molar-refractivity contribution in [1.82, 2.24) is 0 Å². The Labute approximate surface area is 118 Å². The monoisotopic (exact) mass is 281 g/mol. The van der Waals surface area contributed by atoms with Crippen LogP contribution in [0.4, 0.5) is 10.5 Å². The van der Waals surface area contributed by atoms with Gasteiger partial charge in [-0.25, -0.2) is 4.79 Å². The van der Waals surface area contributed by atoms with E-state index in [1.807, 2.05) is 0 Å². The summed E-state index contributed by atoms with van der Waals surface area (Å²) < 4.78 is 15.4. The average molecular weight is 281 g/mol. The molecule has 0 fully saturated rings. The third-order valence-corrected chi connectivity index (χ3v) is 2.32. The summed E-state index contributed by atoms with van der Waals surface area (Å²) in [5, 5.41) is 2.52. The maximum atomic E-state index is 11.7. The first-order valence-electron chi connectivity index (χ1n) is 6.02. The fourth-order valence-electron chi connectivity index (χ4n) is 1.51. The molecule has 0 atom stereocenters. The molecule has 0 bridgehead atoms. The fraction of sp³-hybridized carbons (Fsp3) is 0.429. The van der Waals surface area contributed by atoms with Gasteiger partial charge in [-0.05, 0) is 26.8 Å². The Balaban J connectivity index is 3.05. The number of aldehydes is 1. The van der Waals surface area contributed by atoms with Gasteiger partial charge in [0.2, 0.25) is 0 Å². The highest BCUT2D eigenvalue weighted by Crippen LogP contribution is 2.32. The summed E-state index contributed by atoms with van der Waals surface area (Å²) in [4.78, 5) is 22.8. The molecule has 20 heavy (non-hydrogen) atoms. The van der Waals surface area contributed by atoms with Gasteiger partial charge in [-0.15, -0.1) is 0 Å². The standard InChI is InChI=1S/C14H19NO5/c1-14(2,3)20-13(17)15-10-7-12(19-5)11(18-4)6-9(10)8-16/h6-8H,1-5H3,(H,15,17). The number of rotatable bonds is 4. The number of methoxy groups -OCH3 is 2. The van der Waals surface area contributed by atoms with E-state index in [9.17, 15) is 9.59 Å². The molecule has 0 aromatic heterocycles. The van der Waals surface area contributed by atoms with Gasteiger partial charge in [0.05, 0.1) is 19.9 Å². The first-order chi connectivity index (χ1) is 9.30. The molecule has 1 aromatic carbocycles. The lowest BCUT2D eigenvalue weighted by Gasteiger charge is -2.20. The van der Waals surface area contributed by atoms with Gasteiger partial charge in [-0.2, -0.15) is 0 Å². The zero-order valence-electron chi connectivity index (χ0n) is 12.3. The van der Waals surface area contributed by atoms with E-state index in [1.54, 1.807) is 20.8 Å². The third-order valence-electron chi connectivity index (χ3n) is 2.32. The minimum atomic E-state index is -0.646. The van der Waals surface area contributed by atoms with Crippen molar-refractivity contribution >= 4 is 18.1 Å². The predicted molar refractivity (Wildman–Crippen MR) is 74.8 cm³/mol. The molecule has 0 saturated carbocycles. The highest BCUT2D eigenvalue weighted by molar-refractivity contribution is 5.94. The lowest BCUT2D eigenvalue weighted by atomic mass is 10.1. The van der Waals surface area contributed by atoms with E-state index in [2.05, 4.69) is 5.32 Å². The quantitative estimate of drug-likeness (QED) is 0.859. The van der Waals surface area contributed by atoms with Crippen molar-refractivity contribution in [3.63, 3.8) is 0 Å². The number of ether oxygens (including phenoxy) is 3. The topological polar surface area (TPSA) is 73.9 Å². The van der Waals surface area contributed by atoms with Gasteiger partial charge < -0.3 is 14.2 Å². The minimum absolute atomic E-state index is 0.272. The molecular formula is C14H19NO5. The van der Waals surface area contributed by atoms with Gasteiger partial charge in [0.1, 0.15) is 5.60 Å². The number of nitrogens with one attached hydrogen (secondary N) is 1. The molecule has 0 radical (unpaired) electrons. The summed E-state index contributed by atoms with van der Waals surface area (Å²) in [6.07, 6.45) is -0.0258. The van der Waals surface area contributed by atoms with Crippen LogP contribution in [-0.4, -0.2) is 32.2 Å². The fourth-order valence-corrected chi connectivity index (χ4v) is 1.51. The van der Waals surface area contributed by atoms with E-state index in [1.165, 1.54) is 26.4 Å². The Bertz CT molecular complexity index is 505. The summed E-state index contributed by atoms with van der Waals surface area (Å²) >= 11 is 0. The van der Waals surface area contributed by atoms with Crippen LogP contribution >= 0.6 is 0 Å². The van der Waals surface area contributed by atoms with E-state index in [0.29, 0.717) is 23.5 Å². The summed E-state index contributed by atoms with van der Waals surface area (Å²) in [5.41, 5.74) is -0.0532. The van der Waals surface area contributed by atoms with Crippen LogP contribution in [0.5, 0.6) is 11.5 Å². The van der Waals surface area contributed by atoms with Crippen LogP contribution < -0.4 is 14.8 Å². The molecule has 0 aliphatic rings. The van der Waals surface area contributed by atoms with Crippen LogP contribution in [0.1, 0.15) is 31.1 Å². The molecule has 6 nitrogen and oxygen atoms in total. The van der Waals surface area contributed by atoms with Crippen LogP contribution in [-0.2, 0) is 4.74 Å². The zero-order chi connectivity index (χ0) is 15.3. The number of benzene rings is 1. The van der Waals surface area contributed by atoms with Crippen molar-refractivity contribution < 1.29 is 23.8 Å². The second-order valence-electron chi connectivity index (χ2n) is 5.04. The van der Waals surface area contributed by atoms with Crippen molar-refractivity contribution in [2.75, 3.05) is 19.5 Å². The molecule has 0 unspecified atom stereocenters. The Morgan fingerprint density at radius 3 is 2.15 bits per heavy atom. The molecule has 0 heterocycles. The minimum Gasteiger partial charge on any atom is -0.493 e. The van der Waals surface area contributed by atoms with Crippen molar-refractivity contribution in [1.29, 1.82) is 0 Å². The van der Waals surface area contributed by atoms with Crippen molar-refractivity contribution in [2.45, 2.75) is 26.4 Å². The van der Waals surface area contributed by atoms with E-state index in [-0.39, 0.29) is 5.56 Å². The molecule has 1 amide bonds. The average Bonchev–Trinajstić information content (AvgIpc) is 2.35. The van der Waals surface area contributed by atoms with Gasteiger partial charge in [0, 0.05) is 11.6 Å². The van der Waals surface area contributed by atoms with Crippen LogP contribution in [0.3, 0.4) is 0 Å². The second-order valence-corrected chi connectivity index (χ2v) is 5.04. The molecule has 1 N–H and O–H groups in total. The molecule has 110 valence electrons. The highest BCUT2D eigenvalue weighted by Gasteiger charge is 2.18. The van der Waals surface area contributed by atoms with Gasteiger partial charge in [-0.1, -0.05) is 0 Å². The molecule has 0 spiro atoms. The smallest absolute Gasteiger partial charge is 0.412 e. The van der Waals surface area contributed by atoms with Crippen molar-refractivity contribution in [3.05, 3.63) is 17.7 Å². The Morgan fingerprint density at radius 2 is 1.70 bits per heavy atom. The van der Waals surface area contributed by atoms with Crippen LogP contribution in [0.15, 0.2) is 12.1 Å². The number of hydrogen-bond donors (Lipinski definition) is 1. The largest absolute Gasteiger partial charge is 0.493 e. The van der Waals surface area contributed by atoms with Crippen molar-refractivity contribution in [2.24, 2.45) is 0 Å². The third kappa shape index (κ3) is 4.15. The number of hydrogen-bond acceptors (Lipinski definition) is 5. The van der Waals surface area contributed by atoms with Crippen LogP contribution in [0.25, 0.3) is 0 Å². The molecular weight excluding hydrogens is 262 g/mol. The summed E-state index contributed by atoms with van der Waals surface area (Å²) in [6.45, 7) is 5.26. The number of amides is 1. The lowest BCUT2D eigenvalue weighted by Crippen LogP contribution is -2.27. The van der Waals surface area contributed by atoms with E-state index in [0.717, 1.165) is 0 Å². The number of anilines is 1. The molecule has 0 saturated heterocycles. The van der Waals surface area contributed by atoms with Gasteiger partial charge in [0.15, 0.2) is 17.8 Å². The maximum Gasteiger partial charge on any atom is 0.412 e. The predicted octanol–water partition coefficient (Wildman–Crippen LogP) is 2.86. The SMILES string of the molecule is COc1cc(C=O)c(NC(=O)OC(C)(C)C)cc1OC. The zero-order valence-corrected chi connectivity index (χ0v) is 12.3. The van der Waals surface area contributed by atoms with Gasteiger partial charge in [-0.3, -0.25) is 10.1 Å². The first kappa shape index (κ1) is 15.8. The molecule has 0 aliphatic carbocycles. The highest BCUT2D eigenvalue weighted by atomic mass is 16.6. The molecule has 0 aliphatic heterocycles. The van der Waals surface area contributed by atoms with E-state index >= 15 is 0 Å². The van der Waals surface area contributed by atoms with Gasteiger partial charge in [0.25, 0.3) is 0 Å². The number of carbonyl (C=O) groups is 2. The summed E-state index contributed by atoms with van der Waals surface area (Å²) in [7, 11) is 2.93. The Morgan fingerprint density at radius 1 is 1.15 bits per heavy atom. The Hall–Kier alpha value is -2.24. The van der Waals surface area contributed by atoms with E-state index < -0.39 is 11.7 Å². The van der Waals surface area contributed by atoms with Crippen molar-refractivity contribution in [3.8, 4) is 11.5 Å². The lowest BCUT2D eigenvalue weighted by molar-refractivity contribution is 0.0636. The summed E-state index contributed by atoms with van der Waals surface area (Å²) in [6, 6.07) is 2.99. The molecule has 1 aromatic rings. The first-order valence-corrected chi connectivity index (χ1v) is 6.02. The molecule has 1 rings (SSSR count). The second kappa shape index (κ2) is 6.27. The number of carbonyl (C=O) groups excluding carboxylic acids is 2.